The summed E-state index contributed by atoms with van der Waals surface area (Å²) in [5.74, 6) is 0. The highest BCUT2D eigenvalue weighted by Gasteiger charge is 2.35. The SMILES string of the molecule is CC.Cc1ccc2c(c1)C(C)(S)c1ccccc1-2. The van der Waals surface area contributed by atoms with E-state index in [1.54, 1.807) is 0 Å². The van der Waals surface area contributed by atoms with Crippen LogP contribution in [0.3, 0.4) is 0 Å². The maximum Gasteiger partial charge on any atom is 0.0610 e. The van der Waals surface area contributed by atoms with Gasteiger partial charge in [0.25, 0.3) is 0 Å². The van der Waals surface area contributed by atoms with Crippen LogP contribution >= 0.6 is 12.6 Å². The van der Waals surface area contributed by atoms with Gasteiger partial charge in [-0.15, -0.1) is 0 Å². The van der Waals surface area contributed by atoms with Crippen molar-refractivity contribution in [1.29, 1.82) is 0 Å². The van der Waals surface area contributed by atoms with Crippen LogP contribution in [0.15, 0.2) is 42.5 Å². The molecule has 1 aliphatic carbocycles. The van der Waals surface area contributed by atoms with Gasteiger partial charge in [0.2, 0.25) is 0 Å². The smallest absolute Gasteiger partial charge is 0.0610 e. The summed E-state index contributed by atoms with van der Waals surface area (Å²) in [7, 11) is 0. The van der Waals surface area contributed by atoms with Crippen molar-refractivity contribution in [2.75, 3.05) is 0 Å². The van der Waals surface area contributed by atoms with Crippen molar-refractivity contribution < 1.29 is 0 Å². The molecular formula is C17H20S. The van der Waals surface area contributed by atoms with Crippen LogP contribution in [0.1, 0.15) is 37.5 Å². The standard InChI is InChI=1S/C15H14S.C2H6/c1-10-7-8-12-11-5-3-4-6-13(11)15(2,16)14(12)9-10;1-2/h3-9,16H,1-2H3;1-2H3. The quantitative estimate of drug-likeness (QED) is 0.616. The molecule has 0 saturated carbocycles. The van der Waals surface area contributed by atoms with Crippen molar-refractivity contribution >= 4 is 12.6 Å². The molecule has 0 fully saturated rings. The molecule has 0 spiro atoms. The molecule has 1 aliphatic rings. The highest BCUT2D eigenvalue weighted by molar-refractivity contribution is 7.81. The van der Waals surface area contributed by atoms with Crippen molar-refractivity contribution in [3.8, 4) is 11.1 Å². The van der Waals surface area contributed by atoms with E-state index in [-0.39, 0.29) is 4.75 Å². The van der Waals surface area contributed by atoms with Crippen molar-refractivity contribution in [2.24, 2.45) is 0 Å². The molecule has 2 aromatic rings. The molecule has 1 unspecified atom stereocenters. The number of benzene rings is 2. The average molecular weight is 256 g/mol. The third-order valence-corrected chi connectivity index (χ3v) is 3.92. The first kappa shape index (κ1) is 13.2. The van der Waals surface area contributed by atoms with Crippen LogP contribution in [0.5, 0.6) is 0 Å². The molecule has 0 aliphatic heterocycles. The Bertz CT molecular complexity index is 568. The van der Waals surface area contributed by atoms with Crippen LogP contribution in [-0.2, 0) is 4.75 Å². The van der Waals surface area contributed by atoms with E-state index in [4.69, 9.17) is 12.6 Å². The number of hydrogen-bond acceptors (Lipinski definition) is 1. The van der Waals surface area contributed by atoms with E-state index in [2.05, 4.69) is 56.3 Å². The van der Waals surface area contributed by atoms with E-state index < -0.39 is 0 Å². The average Bonchev–Trinajstić information content (AvgIpc) is 2.62. The van der Waals surface area contributed by atoms with Crippen molar-refractivity contribution in [2.45, 2.75) is 32.4 Å². The third kappa shape index (κ3) is 1.87. The first-order chi connectivity index (χ1) is 8.60. The lowest BCUT2D eigenvalue weighted by molar-refractivity contribution is 0.876. The largest absolute Gasteiger partial charge is 0.163 e. The van der Waals surface area contributed by atoms with Crippen LogP contribution in [0.2, 0.25) is 0 Å². The van der Waals surface area contributed by atoms with Gasteiger partial charge in [-0.3, -0.25) is 0 Å². The predicted molar refractivity (Wildman–Crippen MR) is 83.4 cm³/mol. The van der Waals surface area contributed by atoms with Gasteiger partial charge in [-0.2, -0.15) is 12.6 Å². The van der Waals surface area contributed by atoms with Gasteiger partial charge in [-0.1, -0.05) is 61.9 Å². The Hall–Kier alpha value is -1.21. The summed E-state index contributed by atoms with van der Waals surface area (Å²) in [5.41, 5.74) is 6.61. The molecule has 1 atom stereocenters. The molecule has 1 heteroatoms. The zero-order valence-corrected chi connectivity index (χ0v) is 12.4. The highest BCUT2D eigenvalue weighted by Crippen LogP contribution is 2.50. The summed E-state index contributed by atoms with van der Waals surface area (Å²) in [6.45, 7) is 8.31. The number of thiol groups is 1. The summed E-state index contributed by atoms with van der Waals surface area (Å²) < 4.78 is -0.155. The van der Waals surface area contributed by atoms with Gasteiger partial charge in [0, 0.05) is 0 Å². The number of hydrogen-bond donors (Lipinski definition) is 1. The fourth-order valence-corrected chi connectivity index (χ4v) is 2.96. The Morgan fingerprint density at radius 1 is 0.889 bits per heavy atom. The van der Waals surface area contributed by atoms with Crippen molar-refractivity contribution in [3.05, 3.63) is 59.2 Å². The van der Waals surface area contributed by atoms with Crippen molar-refractivity contribution in [3.63, 3.8) is 0 Å². The van der Waals surface area contributed by atoms with E-state index in [9.17, 15) is 0 Å². The molecule has 0 amide bonds. The lowest BCUT2D eigenvalue weighted by atomic mass is 9.97. The molecule has 18 heavy (non-hydrogen) atoms. The Kier molecular flexibility index (Phi) is 3.54. The van der Waals surface area contributed by atoms with Crippen LogP contribution in [0.25, 0.3) is 11.1 Å². The normalized spacial score (nSPS) is 19.6. The number of aryl methyl sites for hydroxylation is 1. The maximum atomic E-state index is 4.85. The Morgan fingerprint density at radius 2 is 1.50 bits per heavy atom. The Labute approximate surface area is 115 Å². The zero-order valence-electron chi connectivity index (χ0n) is 11.5. The summed E-state index contributed by atoms with van der Waals surface area (Å²) in [5, 5.41) is 0. The van der Waals surface area contributed by atoms with Gasteiger partial charge < -0.3 is 0 Å². The first-order valence-corrected chi connectivity index (χ1v) is 6.99. The van der Waals surface area contributed by atoms with Gasteiger partial charge >= 0.3 is 0 Å². The van der Waals surface area contributed by atoms with Gasteiger partial charge in [0.05, 0.1) is 4.75 Å². The van der Waals surface area contributed by atoms with E-state index >= 15 is 0 Å². The minimum atomic E-state index is -0.155. The molecule has 0 N–H and O–H groups in total. The summed E-state index contributed by atoms with van der Waals surface area (Å²) in [6, 6.07) is 15.2. The highest BCUT2D eigenvalue weighted by atomic mass is 32.1. The Morgan fingerprint density at radius 3 is 2.22 bits per heavy atom. The summed E-state index contributed by atoms with van der Waals surface area (Å²) >= 11 is 4.85. The summed E-state index contributed by atoms with van der Waals surface area (Å²) in [4.78, 5) is 0. The molecule has 0 bridgehead atoms. The number of fused-ring (bicyclic) bond motifs is 3. The van der Waals surface area contributed by atoms with E-state index in [0.29, 0.717) is 0 Å². The lowest BCUT2D eigenvalue weighted by Gasteiger charge is -2.20. The van der Waals surface area contributed by atoms with Crippen LogP contribution in [-0.4, -0.2) is 0 Å². The van der Waals surface area contributed by atoms with Crippen LogP contribution in [0.4, 0.5) is 0 Å². The van der Waals surface area contributed by atoms with E-state index in [0.717, 1.165) is 0 Å². The minimum absolute atomic E-state index is 0.155. The van der Waals surface area contributed by atoms with Gasteiger partial charge in [0.1, 0.15) is 0 Å². The lowest BCUT2D eigenvalue weighted by Crippen LogP contribution is -2.11. The molecule has 0 radical (unpaired) electrons. The molecular weight excluding hydrogens is 236 g/mol. The van der Waals surface area contributed by atoms with E-state index in [1.807, 2.05) is 13.8 Å². The first-order valence-electron chi connectivity index (χ1n) is 6.54. The zero-order chi connectivity index (χ0) is 13.3. The maximum absolute atomic E-state index is 4.85. The predicted octanol–water partition coefficient (Wildman–Crippen LogP) is 5.19. The van der Waals surface area contributed by atoms with Gasteiger partial charge in [-0.25, -0.2) is 0 Å². The Balaban J connectivity index is 0.000000574. The molecule has 94 valence electrons. The topological polar surface area (TPSA) is 0 Å². The fourth-order valence-electron chi connectivity index (χ4n) is 2.58. The molecule has 0 heterocycles. The second-order valence-electron chi connectivity index (χ2n) is 4.67. The third-order valence-electron chi connectivity index (χ3n) is 3.44. The second kappa shape index (κ2) is 4.81. The number of rotatable bonds is 0. The molecule has 0 saturated heterocycles. The van der Waals surface area contributed by atoms with E-state index in [1.165, 1.54) is 27.8 Å². The molecule has 3 rings (SSSR count). The van der Waals surface area contributed by atoms with Gasteiger partial charge in [-0.05, 0) is 36.1 Å². The minimum Gasteiger partial charge on any atom is -0.163 e. The van der Waals surface area contributed by atoms with Crippen LogP contribution in [0, 0.1) is 6.92 Å². The monoisotopic (exact) mass is 256 g/mol. The molecule has 2 aromatic carbocycles. The van der Waals surface area contributed by atoms with Crippen LogP contribution < -0.4 is 0 Å². The molecule has 0 aromatic heterocycles. The second-order valence-corrected chi connectivity index (χ2v) is 5.56. The molecule has 0 nitrogen and oxygen atoms in total. The van der Waals surface area contributed by atoms with Crippen molar-refractivity contribution in [1.82, 2.24) is 0 Å². The van der Waals surface area contributed by atoms with Gasteiger partial charge in [0.15, 0.2) is 0 Å². The fraction of sp³-hybridized carbons (Fsp3) is 0.294. The summed E-state index contributed by atoms with van der Waals surface area (Å²) in [6.07, 6.45) is 0.